The first kappa shape index (κ1) is 63.0. The van der Waals surface area contributed by atoms with Gasteiger partial charge >= 0.3 is 11.9 Å². The lowest BCUT2D eigenvalue weighted by atomic mass is 10.0. The number of furan rings is 2. The van der Waals surface area contributed by atoms with E-state index < -0.39 is 95.4 Å². The molecule has 1 fully saturated rings. The molecule has 0 spiro atoms. The van der Waals surface area contributed by atoms with Gasteiger partial charge < -0.3 is 32.6 Å². The van der Waals surface area contributed by atoms with E-state index in [0.29, 0.717) is 80.4 Å². The Hall–Kier alpha value is -8.05. The normalized spacial score (nSPS) is 15.1. The van der Waals surface area contributed by atoms with Crippen LogP contribution in [0.15, 0.2) is 132 Å². The highest BCUT2D eigenvalue weighted by Gasteiger charge is 2.33. The van der Waals surface area contributed by atoms with Crippen LogP contribution in [0.4, 0.5) is 11.4 Å². The van der Waals surface area contributed by atoms with Gasteiger partial charge in [0.15, 0.2) is 12.3 Å². The van der Waals surface area contributed by atoms with E-state index in [0.717, 1.165) is 0 Å². The maximum atomic E-state index is 12.5. The van der Waals surface area contributed by atoms with Crippen LogP contribution in [0, 0.1) is 0 Å². The molecule has 27 nitrogen and oxygen atoms in total. The number of ether oxygens (including phenoxy) is 1. The number of anilines is 2. The molecular formula is C56H55N4O23S5+. The highest BCUT2D eigenvalue weighted by molar-refractivity contribution is 7.86. The molecule has 0 radical (unpaired) electrons. The Morgan fingerprint density at radius 1 is 0.602 bits per heavy atom. The Morgan fingerprint density at radius 2 is 1.17 bits per heavy atom. The van der Waals surface area contributed by atoms with E-state index in [4.69, 9.17) is 22.8 Å². The average Bonchev–Trinajstić information content (AvgIpc) is 1.65. The minimum atomic E-state index is -4.62. The van der Waals surface area contributed by atoms with Crippen LogP contribution in [-0.4, -0.2) is 125 Å². The molecule has 0 saturated carbocycles. The van der Waals surface area contributed by atoms with Crippen LogP contribution < -0.4 is 19.1 Å². The number of hydroxylamine groups is 2. The zero-order valence-electron chi connectivity index (χ0n) is 46.1. The summed E-state index contributed by atoms with van der Waals surface area (Å²) in [5, 5.41) is 1.92. The van der Waals surface area contributed by atoms with Crippen molar-refractivity contribution in [1.29, 1.82) is 0 Å². The number of carbonyl (C=O) groups excluding carboxylic acids is 3. The van der Waals surface area contributed by atoms with Crippen molar-refractivity contribution in [3.63, 3.8) is 0 Å². The molecule has 5 aromatic carbocycles. The van der Waals surface area contributed by atoms with E-state index >= 15 is 0 Å². The number of hydrogen-bond donors (Lipinski definition) is 5. The number of imide groups is 1. The van der Waals surface area contributed by atoms with E-state index in [1.807, 2.05) is 4.90 Å². The van der Waals surface area contributed by atoms with Crippen molar-refractivity contribution in [3.05, 3.63) is 120 Å². The SMILES string of the molecule is O=C(CCCCCN(CCCS(=O)(=O)O)c1ccc(C(=C\C=C2/Oc3cc4c(cc3N2CCCS(=O)(=O)O)oc2ccc(S(=O)(=O)O)cc24)/C=C/c2oc3cc4c(cc3[n+]2CCCS(=O)(=O)O)oc2ccc(S(=O)(=O)O)cc24)cc1)ON1C(=O)CCC1=O. The Balaban J connectivity index is 1.03. The summed E-state index contributed by atoms with van der Waals surface area (Å²) in [6.45, 7) is 0.422. The fourth-order valence-electron chi connectivity index (χ4n) is 10.3. The molecule has 5 N–H and O–H groups in total. The molecule has 0 bridgehead atoms. The van der Waals surface area contributed by atoms with Gasteiger partial charge in [-0.05, 0) is 116 Å². The Labute approximate surface area is 502 Å². The molecule has 1 saturated heterocycles. The first-order valence-corrected chi connectivity index (χ1v) is 34.8. The number of fused-ring (bicyclic) bond motifs is 8. The summed E-state index contributed by atoms with van der Waals surface area (Å²) in [5.74, 6) is -3.28. The molecule has 0 unspecified atom stereocenters. The summed E-state index contributed by atoms with van der Waals surface area (Å²) in [6.07, 6.45) is 7.30. The molecule has 32 heteroatoms. The van der Waals surface area contributed by atoms with Gasteiger partial charge in [-0.3, -0.25) is 32.4 Å². The minimum Gasteiger partial charge on any atom is -0.456 e. The second-order valence-corrected chi connectivity index (χ2v) is 28.3. The van der Waals surface area contributed by atoms with Crippen molar-refractivity contribution in [2.45, 2.75) is 74.1 Å². The highest BCUT2D eigenvalue weighted by atomic mass is 32.2. The first-order chi connectivity index (χ1) is 41.4. The van der Waals surface area contributed by atoms with Crippen LogP contribution in [0.3, 0.4) is 0 Å². The number of aromatic nitrogens is 1. The lowest BCUT2D eigenvalue weighted by molar-refractivity contribution is -0.677. The van der Waals surface area contributed by atoms with Gasteiger partial charge in [0.05, 0.1) is 44.9 Å². The third-order valence-corrected chi connectivity index (χ3v) is 18.6. The number of aryl methyl sites for hydroxylation is 1. The first-order valence-electron chi connectivity index (χ1n) is 27.1. The molecule has 2 aliphatic rings. The lowest BCUT2D eigenvalue weighted by Gasteiger charge is -2.25. The number of rotatable bonds is 26. The molecule has 0 atom stereocenters. The van der Waals surface area contributed by atoms with Gasteiger partial charge in [-0.2, -0.15) is 46.7 Å². The third kappa shape index (κ3) is 14.9. The maximum absolute atomic E-state index is 12.5. The van der Waals surface area contributed by atoms with E-state index in [2.05, 4.69) is 0 Å². The van der Waals surface area contributed by atoms with Crippen molar-refractivity contribution >= 4 is 146 Å². The van der Waals surface area contributed by atoms with Gasteiger partial charge in [-0.15, -0.1) is 5.06 Å². The van der Waals surface area contributed by atoms with Gasteiger partial charge in [0, 0.05) is 78.6 Å². The zero-order valence-corrected chi connectivity index (χ0v) is 50.2. The van der Waals surface area contributed by atoms with Crippen molar-refractivity contribution in [1.82, 2.24) is 5.06 Å². The van der Waals surface area contributed by atoms with Crippen molar-refractivity contribution < 1.29 is 107 Å². The molecule has 0 aliphatic carbocycles. The fraction of sp³-hybridized carbons (Fsp3) is 0.286. The third-order valence-electron chi connectivity index (χ3n) is 14.5. The molecule has 466 valence electrons. The summed E-state index contributed by atoms with van der Waals surface area (Å²) in [6, 6.07) is 20.9. The second kappa shape index (κ2) is 24.8. The molecular weight excluding hydrogens is 1260 g/mol. The van der Waals surface area contributed by atoms with Crippen molar-refractivity contribution in [2.75, 3.05) is 46.7 Å². The molecule has 5 heterocycles. The number of nitrogens with zero attached hydrogens (tertiary/aromatic N) is 4. The van der Waals surface area contributed by atoms with Crippen LogP contribution in [-0.2, 0) is 76.4 Å². The number of allylic oxidation sites excluding steroid dienone is 4. The average molecular weight is 1310 g/mol. The van der Waals surface area contributed by atoms with Gasteiger partial charge in [-0.1, -0.05) is 18.6 Å². The number of benzene rings is 5. The van der Waals surface area contributed by atoms with Crippen molar-refractivity contribution in [2.24, 2.45) is 0 Å². The summed E-state index contributed by atoms with van der Waals surface area (Å²) in [5.41, 5.74) is 3.68. The standard InChI is InChI=1S/C56H54N4O23S5/c61-52-18-19-53(62)60(52)83-56(63)7-2-1-3-22-57(23-4-26-84(64,65)66)37-12-8-35(9-13-37)36(10-20-54-58(24-5-27-85(67,68)69)44-33-48-42(31-50(44)81-54)40-29-38(87(73,74)75)14-16-46(40)79-48)11-21-55-59(25-6-28-86(70,71)72)45-34-49-43(32-51(45)82-55)41-30-39(88(76,77)78)15-17-47(41)80-49/h8-17,20-21,29-34H,1-7,18-19,22-28H2,(H4-,64,65,66,67,68,69,70,71,72,73,74,75,76,77,78)/p+1. The van der Waals surface area contributed by atoms with Gasteiger partial charge in [0.25, 0.3) is 67.9 Å². The van der Waals surface area contributed by atoms with E-state index in [9.17, 15) is 79.2 Å². The Bertz CT molecular complexity index is 4800. The fourth-order valence-corrected chi connectivity index (χ4v) is 12.8. The van der Waals surface area contributed by atoms with Crippen molar-refractivity contribution in [3.8, 4) is 5.75 Å². The van der Waals surface area contributed by atoms with E-state index in [1.54, 1.807) is 82.3 Å². The quantitative estimate of drug-likeness (QED) is 0.0114. The number of unbranched alkanes of at least 4 members (excludes halogenated alkanes) is 2. The number of carbonyl (C=O) groups is 3. The van der Waals surface area contributed by atoms with E-state index in [-0.39, 0.29) is 104 Å². The lowest BCUT2D eigenvalue weighted by Crippen LogP contribution is -2.36. The van der Waals surface area contributed by atoms with Crippen LogP contribution in [0.2, 0.25) is 0 Å². The largest absolute Gasteiger partial charge is 0.456 e. The van der Waals surface area contributed by atoms with E-state index in [1.165, 1.54) is 36.4 Å². The maximum Gasteiger partial charge on any atom is 0.374 e. The number of oxazole rings is 1. The number of amides is 2. The topological polar surface area (TPSA) is 395 Å². The molecule has 8 aromatic rings. The molecule has 10 rings (SSSR count). The summed E-state index contributed by atoms with van der Waals surface area (Å²) >= 11 is 0. The van der Waals surface area contributed by atoms with Gasteiger partial charge in [0.2, 0.25) is 11.5 Å². The predicted molar refractivity (Wildman–Crippen MR) is 318 cm³/mol. The summed E-state index contributed by atoms with van der Waals surface area (Å²) in [7, 11) is -22.4. The molecule has 3 aromatic heterocycles. The smallest absolute Gasteiger partial charge is 0.374 e. The number of hydrogen-bond acceptors (Lipinski definition) is 20. The predicted octanol–water partition coefficient (Wildman–Crippen LogP) is 7.66. The highest BCUT2D eigenvalue weighted by Crippen LogP contribution is 2.45. The monoisotopic (exact) mass is 1310 g/mol. The van der Waals surface area contributed by atoms with Crippen LogP contribution >= 0.6 is 0 Å². The molecule has 2 aliphatic heterocycles. The van der Waals surface area contributed by atoms with Gasteiger partial charge in [-0.25, -0.2) is 4.79 Å². The van der Waals surface area contributed by atoms with Crippen LogP contribution in [0.25, 0.3) is 66.6 Å². The summed E-state index contributed by atoms with van der Waals surface area (Å²) in [4.78, 5) is 44.0. The molecule has 88 heavy (non-hydrogen) atoms. The van der Waals surface area contributed by atoms with Gasteiger partial charge in [0.1, 0.15) is 22.3 Å². The Kier molecular flexibility index (Phi) is 17.8. The Morgan fingerprint density at radius 3 is 1.78 bits per heavy atom. The second-order valence-electron chi connectivity index (χ2n) is 20.7. The van der Waals surface area contributed by atoms with Crippen LogP contribution in [0.5, 0.6) is 5.75 Å². The van der Waals surface area contributed by atoms with Crippen LogP contribution in [0.1, 0.15) is 69.2 Å². The zero-order chi connectivity index (χ0) is 63.1. The minimum absolute atomic E-state index is 0.0254. The molecule has 2 amide bonds. The summed E-state index contributed by atoms with van der Waals surface area (Å²) < 4.78 is 195.